The molecule has 2 aliphatic carbocycles. The first kappa shape index (κ1) is 15.5. The van der Waals surface area contributed by atoms with Crippen molar-refractivity contribution in [3.63, 3.8) is 0 Å². The molecule has 1 N–H and O–H groups in total. The van der Waals surface area contributed by atoms with Crippen LogP contribution in [0.5, 0.6) is 0 Å². The summed E-state index contributed by atoms with van der Waals surface area (Å²) in [5, 5.41) is 3.92. The van der Waals surface area contributed by atoms with Gasteiger partial charge in [-0.1, -0.05) is 12.8 Å². The zero-order valence-electron chi connectivity index (χ0n) is 13.7. The highest BCUT2D eigenvalue weighted by molar-refractivity contribution is 7.11. The Labute approximate surface area is 133 Å². The van der Waals surface area contributed by atoms with Crippen molar-refractivity contribution >= 4 is 11.3 Å². The highest BCUT2D eigenvalue weighted by Gasteiger charge is 2.56. The largest absolute Gasteiger partial charge is 0.378 e. The summed E-state index contributed by atoms with van der Waals surface area (Å²) in [5.74, 6) is 0. The van der Waals surface area contributed by atoms with E-state index in [0.717, 1.165) is 13.0 Å². The summed E-state index contributed by atoms with van der Waals surface area (Å²) >= 11 is 1.94. The number of hydrogen-bond donors (Lipinski definition) is 1. The second kappa shape index (κ2) is 6.39. The third-order valence-corrected chi connectivity index (χ3v) is 6.50. The molecular formula is C18H29NOS. The van der Waals surface area contributed by atoms with E-state index >= 15 is 0 Å². The zero-order chi connectivity index (χ0) is 14.9. The molecule has 118 valence electrons. The summed E-state index contributed by atoms with van der Waals surface area (Å²) in [6.07, 6.45) is 8.38. The van der Waals surface area contributed by atoms with E-state index in [1.165, 1.54) is 41.9 Å². The van der Waals surface area contributed by atoms with Crippen LogP contribution in [0.2, 0.25) is 0 Å². The molecule has 0 bridgehead atoms. The van der Waals surface area contributed by atoms with Crippen molar-refractivity contribution in [1.29, 1.82) is 0 Å². The molecule has 2 nitrogen and oxygen atoms in total. The van der Waals surface area contributed by atoms with Gasteiger partial charge < -0.3 is 10.1 Å². The summed E-state index contributed by atoms with van der Waals surface area (Å²) in [6.45, 7) is 7.53. The molecule has 0 amide bonds. The Morgan fingerprint density at radius 1 is 1.38 bits per heavy atom. The normalized spacial score (nSPS) is 28.7. The second-order valence-electron chi connectivity index (χ2n) is 6.96. The molecule has 3 rings (SSSR count). The molecule has 2 aliphatic rings. The Morgan fingerprint density at radius 2 is 2.14 bits per heavy atom. The number of hydrogen-bond acceptors (Lipinski definition) is 3. The van der Waals surface area contributed by atoms with Gasteiger partial charge >= 0.3 is 0 Å². The standard InChI is InChI=1S/C18H29NOS/c1-4-20-17-12-16(18(17)9-5-6-10-18)19-13(2)11-15-8-7-14(3)21-15/h7-8,13,16-17,19H,4-6,9-12H2,1-3H3. The van der Waals surface area contributed by atoms with Gasteiger partial charge in [0.1, 0.15) is 0 Å². The fourth-order valence-corrected chi connectivity index (χ4v) is 5.44. The monoisotopic (exact) mass is 307 g/mol. The van der Waals surface area contributed by atoms with Gasteiger partial charge in [-0.25, -0.2) is 0 Å². The number of ether oxygens (including phenoxy) is 1. The molecular weight excluding hydrogens is 278 g/mol. The number of rotatable bonds is 6. The van der Waals surface area contributed by atoms with Crippen molar-refractivity contribution in [1.82, 2.24) is 5.32 Å². The highest BCUT2D eigenvalue weighted by atomic mass is 32.1. The van der Waals surface area contributed by atoms with Gasteiger partial charge in [-0.05, 0) is 58.6 Å². The Hall–Kier alpha value is -0.380. The van der Waals surface area contributed by atoms with Gasteiger partial charge in [-0.3, -0.25) is 0 Å². The summed E-state index contributed by atoms with van der Waals surface area (Å²) in [4.78, 5) is 2.93. The van der Waals surface area contributed by atoms with Crippen molar-refractivity contribution in [2.24, 2.45) is 5.41 Å². The Bertz CT molecular complexity index is 464. The van der Waals surface area contributed by atoms with E-state index in [9.17, 15) is 0 Å². The third-order valence-electron chi connectivity index (χ3n) is 5.48. The van der Waals surface area contributed by atoms with Crippen molar-refractivity contribution < 1.29 is 4.74 Å². The summed E-state index contributed by atoms with van der Waals surface area (Å²) in [7, 11) is 0. The Balaban J connectivity index is 1.57. The lowest BCUT2D eigenvalue weighted by atomic mass is 9.60. The molecule has 3 heteroatoms. The van der Waals surface area contributed by atoms with E-state index in [-0.39, 0.29) is 0 Å². The molecule has 21 heavy (non-hydrogen) atoms. The average molecular weight is 308 g/mol. The average Bonchev–Trinajstić information content (AvgIpc) is 3.08. The summed E-state index contributed by atoms with van der Waals surface area (Å²) in [5.41, 5.74) is 0.454. The van der Waals surface area contributed by atoms with Crippen LogP contribution < -0.4 is 5.32 Å². The van der Waals surface area contributed by atoms with E-state index in [0.29, 0.717) is 23.6 Å². The SMILES string of the molecule is CCOC1CC(NC(C)Cc2ccc(C)s2)C12CCCC2. The quantitative estimate of drug-likeness (QED) is 0.845. The molecule has 0 radical (unpaired) electrons. The molecule has 3 unspecified atom stereocenters. The van der Waals surface area contributed by atoms with E-state index < -0.39 is 0 Å². The minimum atomic E-state index is 0.454. The Kier molecular flexibility index (Phi) is 4.72. The van der Waals surface area contributed by atoms with Crippen molar-refractivity contribution in [3.05, 3.63) is 21.9 Å². The van der Waals surface area contributed by atoms with Crippen LogP contribution in [-0.4, -0.2) is 24.8 Å². The lowest BCUT2D eigenvalue weighted by Gasteiger charge is -2.55. The number of nitrogens with one attached hydrogen (secondary N) is 1. The predicted molar refractivity (Wildman–Crippen MR) is 90.1 cm³/mol. The van der Waals surface area contributed by atoms with Crippen LogP contribution in [0.25, 0.3) is 0 Å². The van der Waals surface area contributed by atoms with E-state index in [1.807, 2.05) is 11.3 Å². The number of aryl methyl sites for hydroxylation is 1. The maximum Gasteiger partial charge on any atom is 0.0661 e. The van der Waals surface area contributed by atoms with Gasteiger partial charge in [0.2, 0.25) is 0 Å². The Morgan fingerprint density at radius 3 is 2.76 bits per heavy atom. The van der Waals surface area contributed by atoms with Crippen LogP contribution in [0, 0.1) is 12.3 Å². The first-order valence-corrected chi connectivity index (χ1v) is 9.38. The molecule has 1 aromatic rings. The molecule has 1 aromatic heterocycles. The first-order chi connectivity index (χ1) is 10.1. The molecule has 0 aliphatic heterocycles. The van der Waals surface area contributed by atoms with Gasteiger partial charge in [-0.15, -0.1) is 11.3 Å². The van der Waals surface area contributed by atoms with E-state index in [4.69, 9.17) is 4.74 Å². The van der Waals surface area contributed by atoms with E-state index in [2.05, 4.69) is 38.2 Å². The van der Waals surface area contributed by atoms with Crippen LogP contribution in [0.3, 0.4) is 0 Å². The third kappa shape index (κ3) is 3.06. The molecule has 0 saturated heterocycles. The van der Waals surface area contributed by atoms with Gasteiger partial charge in [0.05, 0.1) is 6.10 Å². The fraction of sp³-hybridized carbons (Fsp3) is 0.778. The number of thiophene rings is 1. The lowest BCUT2D eigenvalue weighted by Crippen LogP contribution is -2.64. The van der Waals surface area contributed by atoms with Gasteiger partial charge in [0.25, 0.3) is 0 Å². The van der Waals surface area contributed by atoms with Crippen molar-refractivity contribution in [2.75, 3.05) is 6.61 Å². The molecule has 1 spiro atoms. The van der Waals surface area contributed by atoms with Gasteiger partial charge in [-0.2, -0.15) is 0 Å². The predicted octanol–water partition coefficient (Wildman–Crippen LogP) is 4.31. The maximum atomic E-state index is 6.01. The minimum absolute atomic E-state index is 0.454. The summed E-state index contributed by atoms with van der Waals surface area (Å²) < 4.78 is 6.01. The van der Waals surface area contributed by atoms with Crippen molar-refractivity contribution in [2.45, 2.75) is 77.5 Å². The first-order valence-electron chi connectivity index (χ1n) is 8.57. The van der Waals surface area contributed by atoms with Crippen LogP contribution >= 0.6 is 11.3 Å². The molecule has 2 saturated carbocycles. The van der Waals surface area contributed by atoms with Crippen molar-refractivity contribution in [3.8, 4) is 0 Å². The van der Waals surface area contributed by atoms with Gasteiger partial charge in [0, 0.05) is 33.9 Å². The van der Waals surface area contributed by atoms with Crippen LogP contribution in [-0.2, 0) is 11.2 Å². The van der Waals surface area contributed by atoms with Crippen LogP contribution in [0.15, 0.2) is 12.1 Å². The maximum absolute atomic E-state index is 6.01. The van der Waals surface area contributed by atoms with Crippen LogP contribution in [0.1, 0.15) is 55.7 Å². The topological polar surface area (TPSA) is 21.3 Å². The molecule has 3 atom stereocenters. The summed E-state index contributed by atoms with van der Waals surface area (Å²) in [6, 6.07) is 5.76. The zero-order valence-corrected chi connectivity index (χ0v) is 14.5. The molecule has 2 fully saturated rings. The van der Waals surface area contributed by atoms with Crippen LogP contribution in [0.4, 0.5) is 0 Å². The highest BCUT2D eigenvalue weighted by Crippen LogP contribution is 2.54. The lowest BCUT2D eigenvalue weighted by molar-refractivity contribution is -0.132. The smallest absolute Gasteiger partial charge is 0.0661 e. The minimum Gasteiger partial charge on any atom is -0.378 e. The fourth-order valence-electron chi connectivity index (χ4n) is 4.42. The molecule has 1 heterocycles. The van der Waals surface area contributed by atoms with Gasteiger partial charge in [0.15, 0.2) is 0 Å². The van der Waals surface area contributed by atoms with E-state index in [1.54, 1.807) is 0 Å². The molecule has 0 aromatic carbocycles. The second-order valence-corrected chi connectivity index (χ2v) is 8.33.